The molecule has 5 nitrogen and oxygen atoms in total. The zero-order valence-corrected chi connectivity index (χ0v) is 8.25. The van der Waals surface area contributed by atoms with Crippen molar-refractivity contribution in [3.8, 4) is 0 Å². The lowest BCUT2D eigenvalue weighted by Crippen LogP contribution is -2.50. The minimum atomic E-state index is -1.36. The van der Waals surface area contributed by atoms with Gasteiger partial charge in [0.2, 0.25) is 5.91 Å². The second-order valence-corrected chi connectivity index (χ2v) is 3.01. The van der Waals surface area contributed by atoms with Crippen molar-refractivity contribution >= 4 is 17.6 Å². The van der Waals surface area contributed by atoms with Crippen molar-refractivity contribution in [1.82, 2.24) is 0 Å². The molecule has 0 radical (unpaired) electrons. The molecule has 5 heteroatoms. The lowest BCUT2D eigenvalue weighted by atomic mass is 10.2. The number of carbonyl (C=O) groups excluding carboxylic acids is 1. The molecule has 0 saturated carbocycles. The number of para-hydroxylation sites is 1. The number of rotatable bonds is 3. The Morgan fingerprint density at radius 1 is 1.33 bits per heavy atom. The van der Waals surface area contributed by atoms with Gasteiger partial charge in [-0.25, -0.2) is 4.79 Å². The summed E-state index contributed by atoms with van der Waals surface area (Å²) in [6.07, 6.45) is -1.36. The zero-order chi connectivity index (χ0) is 11.4. The van der Waals surface area contributed by atoms with Gasteiger partial charge in [-0.05, 0) is 12.1 Å². The van der Waals surface area contributed by atoms with Gasteiger partial charge >= 0.3 is 5.97 Å². The van der Waals surface area contributed by atoms with E-state index in [0.29, 0.717) is 5.69 Å². The molecule has 0 aliphatic carbocycles. The average molecular weight is 208 g/mol. The smallest absolute Gasteiger partial charge is 0.341 e. The molecular weight excluding hydrogens is 196 g/mol. The zero-order valence-electron chi connectivity index (χ0n) is 8.25. The maximum Gasteiger partial charge on any atom is 0.341 e. The van der Waals surface area contributed by atoms with Crippen LogP contribution < -0.4 is 10.6 Å². The third-order valence-corrected chi connectivity index (χ3v) is 1.90. The molecule has 0 spiro atoms. The van der Waals surface area contributed by atoms with E-state index in [1.807, 2.05) is 0 Å². The normalized spacial score (nSPS) is 11.9. The highest BCUT2D eigenvalue weighted by Crippen LogP contribution is 2.14. The molecule has 0 fully saturated rings. The molecule has 80 valence electrons. The van der Waals surface area contributed by atoms with E-state index in [4.69, 9.17) is 10.8 Å². The Balaban J connectivity index is 3.04. The van der Waals surface area contributed by atoms with Crippen molar-refractivity contribution in [2.24, 2.45) is 5.73 Å². The summed E-state index contributed by atoms with van der Waals surface area (Å²) in [7, 11) is 0. The molecule has 3 N–H and O–H groups in total. The van der Waals surface area contributed by atoms with Gasteiger partial charge in [0.05, 0.1) is 0 Å². The average Bonchev–Trinajstić information content (AvgIpc) is 2.18. The summed E-state index contributed by atoms with van der Waals surface area (Å²) in [5.74, 6) is -1.65. The first-order valence-corrected chi connectivity index (χ1v) is 4.37. The van der Waals surface area contributed by atoms with Crippen molar-refractivity contribution in [2.75, 3.05) is 4.90 Å². The maximum absolute atomic E-state index is 11.3. The number of amides is 1. The fourth-order valence-corrected chi connectivity index (χ4v) is 1.24. The number of carboxylic acid groups (broad SMARTS) is 1. The Kier molecular flexibility index (Phi) is 3.41. The van der Waals surface area contributed by atoms with Crippen molar-refractivity contribution < 1.29 is 14.7 Å². The molecule has 1 atom stereocenters. The van der Waals surface area contributed by atoms with E-state index in [2.05, 4.69) is 0 Å². The molecule has 0 heterocycles. The van der Waals surface area contributed by atoms with Gasteiger partial charge in [-0.2, -0.15) is 0 Å². The summed E-state index contributed by atoms with van der Waals surface area (Å²) in [5, 5.41) is 8.74. The van der Waals surface area contributed by atoms with Gasteiger partial charge in [0.1, 0.15) is 0 Å². The molecule has 1 aromatic carbocycles. The maximum atomic E-state index is 11.3. The van der Waals surface area contributed by atoms with Gasteiger partial charge in [0, 0.05) is 12.6 Å². The number of anilines is 1. The van der Waals surface area contributed by atoms with Crippen LogP contribution in [0.1, 0.15) is 6.92 Å². The topological polar surface area (TPSA) is 83.6 Å². The molecule has 15 heavy (non-hydrogen) atoms. The molecule has 1 rings (SSSR count). The van der Waals surface area contributed by atoms with Gasteiger partial charge in [-0.1, -0.05) is 18.2 Å². The van der Waals surface area contributed by atoms with Gasteiger partial charge in [-0.3, -0.25) is 9.69 Å². The standard InChI is InChI=1S/C10H12N2O3/c1-7(13)12(9(11)10(14)15)8-5-3-2-4-6-8/h2-6,9H,11H2,1H3,(H,14,15). The van der Waals surface area contributed by atoms with Crippen LogP contribution in [0.25, 0.3) is 0 Å². The fraction of sp³-hybridized carbons (Fsp3) is 0.200. The highest BCUT2D eigenvalue weighted by Gasteiger charge is 2.24. The van der Waals surface area contributed by atoms with E-state index in [1.54, 1.807) is 30.3 Å². The number of nitrogens with zero attached hydrogens (tertiary/aromatic N) is 1. The first-order chi connectivity index (χ1) is 7.04. The molecule has 1 amide bonds. The number of carboxylic acids is 1. The highest BCUT2D eigenvalue weighted by molar-refractivity contribution is 5.97. The quantitative estimate of drug-likeness (QED) is 0.704. The summed E-state index contributed by atoms with van der Waals surface area (Å²) in [5.41, 5.74) is 5.87. The molecule has 0 aromatic heterocycles. The monoisotopic (exact) mass is 208 g/mol. The summed E-state index contributed by atoms with van der Waals surface area (Å²) in [6, 6.07) is 8.45. The minimum Gasteiger partial charge on any atom is -0.479 e. The Hall–Kier alpha value is -1.88. The molecule has 1 aromatic rings. The predicted octanol–water partition coefficient (Wildman–Crippen LogP) is 0.409. The minimum absolute atomic E-state index is 0.406. The number of aliphatic carboxylic acids is 1. The van der Waals surface area contributed by atoms with Gasteiger partial charge in [-0.15, -0.1) is 0 Å². The first kappa shape index (κ1) is 11.2. The first-order valence-electron chi connectivity index (χ1n) is 4.37. The number of benzene rings is 1. The Morgan fingerprint density at radius 2 is 1.87 bits per heavy atom. The van der Waals surface area contributed by atoms with Crippen molar-refractivity contribution in [1.29, 1.82) is 0 Å². The number of carbonyl (C=O) groups is 2. The molecule has 0 aliphatic heterocycles. The third kappa shape index (κ3) is 2.54. The van der Waals surface area contributed by atoms with Gasteiger partial charge < -0.3 is 10.8 Å². The lowest BCUT2D eigenvalue weighted by molar-refractivity contribution is -0.139. The number of nitrogens with two attached hydrogens (primary N) is 1. The molecule has 0 saturated heterocycles. The second-order valence-electron chi connectivity index (χ2n) is 3.01. The summed E-state index contributed by atoms with van der Waals surface area (Å²) in [6.45, 7) is 1.27. The fourth-order valence-electron chi connectivity index (χ4n) is 1.24. The third-order valence-electron chi connectivity index (χ3n) is 1.90. The lowest BCUT2D eigenvalue weighted by Gasteiger charge is -2.24. The predicted molar refractivity (Wildman–Crippen MR) is 55.2 cm³/mol. The van der Waals surface area contributed by atoms with Gasteiger partial charge in [0.15, 0.2) is 6.17 Å². The van der Waals surface area contributed by atoms with Crippen LogP contribution in [-0.4, -0.2) is 23.1 Å². The van der Waals surface area contributed by atoms with Gasteiger partial charge in [0.25, 0.3) is 0 Å². The van der Waals surface area contributed by atoms with E-state index < -0.39 is 18.0 Å². The van der Waals surface area contributed by atoms with Crippen LogP contribution in [0.2, 0.25) is 0 Å². The second kappa shape index (κ2) is 4.56. The van der Waals surface area contributed by atoms with Crippen LogP contribution >= 0.6 is 0 Å². The van der Waals surface area contributed by atoms with Crippen LogP contribution in [0, 0.1) is 0 Å². The number of hydrogen-bond donors (Lipinski definition) is 2. The molecule has 1 unspecified atom stereocenters. The van der Waals surface area contributed by atoms with E-state index in [0.717, 1.165) is 4.90 Å². The highest BCUT2D eigenvalue weighted by atomic mass is 16.4. The van der Waals surface area contributed by atoms with E-state index >= 15 is 0 Å². The van der Waals surface area contributed by atoms with Crippen LogP contribution in [0.5, 0.6) is 0 Å². The van der Waals surface area contributed by atoms with Crippen molar-refractivity contribution in [3.63, 3.8) is 0 Å². The van der Waals surface area contributed by atoms with Crippen LogP contribution in [0.4, 0.5) is 5.69 Å². The van der Waals surface area contributed by atoms with E-state index in [9.17, 15) is 9.59 Å². The van der Waals surface area contributed by atoms with Crippen molar-refractivity contribution in [3.05, 3.63) is 30.3 Å². The van der Waals surface area contributed by atoms with Crippen LogP contribution in [0.3, 0.4) is 0 Å². The Bertz CT molecular complexity index is 364. The van der Waals surface area contributed by atoms with E-state index in [-0.39, 0.29) is 0 Å². The van der Waals surface area contributed by atoms with Crippen molar-refractivity contribution in [2.45, 2.75) is 13.1 Å². The SMILES string of the molecule is CC(=O)N(c1ccccc1)C(N)C(=O)O. The Morgan fingerprint density at radius 3 is 2.27 bits per heavy atom. The molecule has 0 bridgehead atoms. The largest absolute Gasteiger partial charge is 0.479 e. The summed E-state index contributed by atoms with van der Waals surface area (Å²) in [4.78, 5) is 23.0. The van der Waals surface area contributed by atoms with Crippen LogP contribution in [0.15, 0.2) is 30.3 Å². The summed E-state index contributed by atoms with van der Waals surface area (Å²) < 4.78 is 0. The Labute approximate surface area is 87.1 Å². The summed E-state index contributed by atoms with van der Waals surface area (Å²) >= 11 is 0. The molecule has 0 aliphatic rings. The van der Waals surface area contributed by atoms with E-state index in [1.165, 1.54) is 6.92 Å². The molecular formula is C10H12N2O3. The number of hydrogen-bond acceptors (Lipinski definition) is 3. The van der Waals surface area contributed by atoms with Crippen LogP contribution in [-0.2, 0) is 9.59 Å².